The SMILES string of the molecule is CCCNC(CC)CCCc1ccnn1C. The maximum absolute atomic E-state index is 4.19. The molecule has 3 heteroatoms. The molecular formula is C13H25N3. The second-order valence-electron chi connectivity index (χ2n) is 4.40. The van der Waals surface area contributed by atoms with E-state index in [1.54, 1.807) is 0 Å². The molecule has 0 saturated heterocycles. The largest absolute Gasteiger partial charge is 0.314 e. The van der Waals surface area contributed by atoms with Crippen LogP contribution in [0, 0.1) is 0 Å². The topological polar surface area (TPSA) is 29.9 Å². The predicted octanol–water partition coefficient (Wildman–Crippen LogP) is 2.52. The van der Waals surface area contributed by atoms with Crippen LogP contribution in [0.1, 0.15) is 45.2 Å². The van der Waals surface area contributed by atoms with E-state index in [1.165, 1.54) is 31.4 Å². The van der Waals surface area contributed by atoms with E-state index in [-0.39, 0.29) is 0 Å². The van der Waals surface area contributed by atoms with E-state index >= 15 is 0 Å². The number of aromatic nitrogens is 2. The Bertz CT molecular complexity index is 280. The molecule has 3 nitrogen and oxygen atoms in total. The van der Waals surface area contributed by atoms with Gasteiger partial charge in [-0.1, -0.05) is 13.8 Å². The summed E-state index contributed by atoms with van der Waals surface area (Å²) in [6, 6.07) is 2.80. The fourth-order valence-electron chi connectivity index (χ4n) is 1.98. The number of nitrogens with zero attached hydrogens (tertiary/aromatic N) is 2. The zero-order valence-electron chi connectivity index (χ0n) is 10.9. The molecule has 0 bridgehead atoms. The number of hydrogen-bond donors (Lipinski definition) is 1. The first-order chi connectivity index (χ1) is 7.77. The fraction of sp³-hybridized carbons (Fsp3) is 0.769. The van der Waals surface area contributed by atoms with Gasteiger partial charge in [-0.25, -0.2) is 0 Å². The Morgan fingerprint density at radius 3 is 2.81 bits per heavy atom. The molecule has 0 aromatic carbocycles. The van der Waals surface area contributed by atoms with Crippen LogP contribution in [0.15, 0.2) is 12.3 Å². The molecule has 1 aromatic rings. The number of hydrogen-bond acceptors (Lipinski definition) is 2. The minimum absolute atomic E-state index is 0.688. The van der Waals surface area contributed by atoms with Gasteiger partial charge in [0.25, 0.3) is 0 Å². The van der Waals surface area contributed by atoms with Crippen LogP contribution in [0.4, 0.5) is 0 Å². The van der Waals surface area contributed by atoms with Crippen molar-refractivity contribution in [1.82, 2.24) is 15.1 Å². The summed E-state index contributed by atoms with van der Waals surface area (Å²) in [7, 11) is 2.02. The van der Waals surface area contributed by atoms with Gasteiger partial charge in [0.15, 0.2) is 0 Å². The molecule has 0 amide bonds. The lowest BCUT2D eigenvalue weighted by Crippen LogP contribution is -2.29. The average Bonchev–Trinajstić information content (AvgIpc) is 2.69. The average molecular weight is 223 g/mol. The first-order valence-electron chi connectivity index (χ1n) is 6.48. The van der Waals surface area contributed by atoms with Crippen LogP contribution in [0.3, 0.4) is 0 Å². The van der Waals surface area contributed by atoms with Gasteiger partial charge < -0.3 is 5.32 Å². The van der Waals surface area contributed by atoms with Crippen LogP contribution in [-0.2, 0) is 13.5 Å². The molecule has 0 fully saturated rings. The summed E-state index contributed by atoms with van der Waals surface area (Å²) in [4.78, 5) is 0. The molecule has 0 aliphatic rings. The van der Waals surface area contributed by atoms with Gasteiger partial charge in [0.2, 0.25) is 0 Å². The van der Waals surface area contributed by atoms with Gasteiger partial charge in [-0.2, -0.15) is 5.10 Å². The van der Waals surface area contributed by atoms with Crippen molar-refractivity contribution >= 4 is 0 Å². The fourth-order valence-corrected chi connectivity index (χ4v) is 1.98. The van der Waals surface area contributed by atoms with E-state index in [2.05, 4.69) is 30.3 Å². The summed E-state index contributed by atoms with van der Waals surface area (Å²) < 4.78 is 1.97. The van der Waals surface area contributed by atoms with Crippen molar-refractivity contribution in [2.45, 2.75) is 52.0 Å². The van der Waals surface area contributed by atoms with Crippen LogP contribution in [0.5, 0.6) is 0 Å². The smallest absolute Gasteiger partial charge is 0.0492 e. The molecule has 0 aliphatic heterocycles. The van der Waals surface area contributed by atoms with E-state index in [1.807, 2.05) is 17.9 Å². The van der Waals surface area contributed by atoms with Crippen LogP contribution in [0.25, 0.3) is 0 Å². The molecular weight excluding hydrogens is 198 g/mol. The van der Waals surface area contributed by atoms with Crippen molar-refractivity contribution in [2.24, 2.45) is 7.05 Å². The van der Waals surface area contributed by atoms with Crippen LogP contribution in [-0.4, -0.2) is 22.4 Å². The highest BCUT2D eigenvalue weighted by Gasteiger charge is 2.05. The summed E-state index contributed by atoms with van der Waals surface area (Å²) in [6.07, 6.45) is 7.98. The Kier molecular flexibility index (Phi) is 6.16. The highest BCUT2D eigenvalue weighted by atomic mass is 15.2. The molecule has 1 N–H and O–H groups in total. The normalized spacial score (nSPS) is 12.9. The second-order valence-corrected chi connectivity index (χ2v) is 4.40. The maximum atomic E-state index is 4.19. The van der Waals surface area contributed by atoms with Crippen molar-refractivity contribution in [3.8, 4) is 0 Å². The summed E-state index contributed by atoms with van der Waals surface area (Å²) in [5.41, 5.74) is 1.34. The summed E-state index contributed by atoms with van der Waals surface area (Å²) in [6.45, 7) is 5.62. The molecule has 1 aromatic heterocycles. The summed E-state index contributed by atoms with van der Waals surface area (Å²) >= 11 is 0. The highest BCUT2D eigenvalue weighted by molar-refractivity contribution is 4.99. The first kappa shape index (κ1) is 13.2. The minimum atomic E-state index is 0.688. The van der Waals surface area contributed by atoms with Crippen LogP contribution in [0.2, 0.25) is 0 Å². The van der Waals surface area contributed by atoms with Gasteiger partial charge in [-0.3, -0.25) is 4.68 Å². The molecule has 1 unspecified atom stereocenters. The third kappa shape index (κ3) is 4.35. The quantitative estimate of drug-likeness (QED) is 0.734. The number of rotatable bonds is 8. The molecule has 0 aliphatic carbocycles. The predicted molar refractivity (Wildman–Crippen MR) is 68.5 cm³/mol. The zero-order valence-corrected chi connectivity index (χ0v) is 10.9. The van der Waals surface area contributed by atoms with E-state index in [0.29, 0.717) is 6.04 Å². The second kappa shape index (κ2) is 7.44. The van der Waals surface area contributed by atoms with E-state index in [0.717, 1.165) is 13.0 Å². The lowest BCUT2D eigenvalue weighted by atomic mass is 10.1. The lowest BCUT2D eigenvalue weighted by Gasteiger charge is -2.16. The van der Waals surface area contributed by atoms with Gasteiger partial charge >= 0.3 is 0 Å². The third-order valence-corrected chi connectivity index (χ3v) is 3.08. The molecule has 1 heterocycles. The van der Waals surface area contributed by atoms with Crippen molar-refractivity contribution in [3.63, 3.8) is 0 Å². The Labute approximate surface area is 99.2 Å². The molecule has 1 atom stereocenters. The van der Waals surface area contributed by atoms with Crippen molar-refractivity contribution in [2.75, 3.05) is 6.54 Å². The Morgan fingerprint density at radius 2 is 2.25 bits per heavy atom. The van der Waals surface area contributed by atoms with E-state index in [9.17, 15) is 0 Å². The van der Waals surface area contributed by atoms with Crippen molar-refractivity contribution in [1.29, 1.82) is 0 Å². The molecule has 0 saturated carbocycles. The standard InChI is InChI=1S/C13H25N3/c1-4-10-14-12(5-2)7-6-8-13-9-11-15-16(13)3/h9,11-12,14H,4-8,10H2,1-3H3. The van der Waals surface area contributed by atoms with Crippen molar-refractivity contribution < 1.29 is 0 Å². The number of nitrogens with one attached hydrogen (secondary N) is 1. The summed E-state index contributed by atoms with van der Waals surface area (Å²) in [5, 5.41) is 7.78. The van der Waals surface area contributed by atoms with Gasteiger partial charge in [-0.15, -0.1) is 0 Å². The van der Waals surface area contributed by atoms with E-state index in [4.69, 9.17) is 0 Å². The summed E-state index contributed by atoms with van der Waals surface area (Å²) in [5.74, 6) is 0. The molecule has 92 valence electrons. The lowest BCUT2D eigenvalue weighted by molar-refractivity contribution is 0.453. The van der Waals surface area contributed by atoms with Gasteiger partial charge in [0.1, 0.15) is 0 Å². The zero-order chi connectivity index (χ0) is 11.8. The monoisotopic (exact) mass is 223 g/mol. The Hall–Kier alpha value is -0.830. The number of aryl methyl sites for hydroxylation is 2. The van der Waals surface area contributed by atoms with Gasteiger partial charge in [0.05, 0.1) is 0 Å². The molecule has 0 spiro atoms. The molecule has 16 heavy (non-hydrogen) atoms. The van der Waals surface area contributed by atoms with Crippen LogP contribution >= 0.6 is 0 Å². The molecule has 1 rings (SSSR count). The first-order valence-corrected chi connectivity index (χ1v) is 6.48. The van der Waals surface area contributed by atoms with Crippen molar-refractivity contribution in [3.05, 3.63) is 18.0 Å². The Balaban J connectivity index is 2.20. The third-order valence-electron chi connectivity index (χ3n) is 3.08. The van der Waals surface area contributed by atoms with Crippen LogP contribution < -0.4 is 5.32 Å². The minimum Gasteiger partial charge on any atom is -0.314 e. The maximum Gasteiger partial charge on any atom is 0.0492 e. The van der Waals surface area contributed by atoms with Gasteiger partial charge in [-0.05, 0) is 44.7 Å². The van der Waals surface area contributed by atoms with E-state index < -0.39 is 0 Å². The highest BCUT2D eigenvalue weighted by Crippen LogP contribution is 2.07. The molecule has 0 radical (unpaired) electrons. The Morgan fingerprint density at radius 1 is 1.44 bits per heavy atom. The van der Waals surface area contributed by atoms with Gasteiger partial charge in [0, 0.05) is 25.0 Å².